The molecule has 15 heteroatoms. The number of aryl methyl sites for hydroxylation is 2. The third kappa shape index (κ3) is 4.06. The first-order valence-corrected chi connectivity index (χ1v) is 14.4. The molecule has 224 valence electrons. The molecule has 5 rings (SSSR count). The first-order valence-electron chi connectivity index (χ1n) is 12.9. The molecule has 0 unspecified atom stereocenters. The number of fused-ring (bicyclic) bond motifs is 3. The van der Waals surface area contributed by atoms with Crippen LogP contribution in [0.1, 0.15) is 34.6 Å². The van der Waals surface area contributed by atoms with Gasteiger partial charge in [0.15, 0.2) is 17.1 Å². The van der Waals surface area contributed by atoms with Crippen LogP contribution in [0.15, 0.2) is 38.5 Å². The van der Waals surface area contributed by atoms with E-state index >= 15 is 0 Å². The first-order chi connectivity index (χ1) is 19.5. The number of amides is 1. The molecule has 0 spiro atoms. The van der Waals surface area contributed by atoms with Crippen molar-refractivity contribution in [1.29, 1.82) is 0 Å². The number of primary amides is 1. The summed E-state index contributed by atoms with van der Waals surface area (Å²) in [5.41, 5.74) is 2.15. The maximum absolute atomic E-state index is 13.9. The number of ketones is 2. The van der Waals surface area contributed by atoms with E-state index in [0.29, 0.717) is 11.1 Å². The van der Waals surface area contributed by atoms with E-state index in [0.717, 1.165) is 0 Å². The van der Waals surface area contributed by atoms with Crippen molar-refractivity contribution >= 4 is 33.3 Å². The Morgan fingerprint density at radius 3 is 2.45 bits per heavy atom. The molecule has 0 radical (unpaired) electrons. The molecule has 7 N–H and O–H groups in total. The van der Waals surface area contributed by atoms with Crippen molar-refractivity contribution in [2.75, 3.05) is 14.1 Å². The number of carbonyl (C=O) groups is 3. The Kier molecular flexibility index (Phi) is 6.84. The molecule has 1 saturated carbocycles. The van der Waals surface area contributed by atoms with Crippen molar-refractivity contribution in [2.45, 2.75) is 49.8 Å². The van der Waals surface area contributed by atoms with Gasteiger partial charge in [0.2, 0.25) is 15.8 Å². The van der Waals surface area contributed by atoms with Gasteiger partial charge in [-0.3, -0.25) is 19.3 Å². The SMILES string of the molecule is Cc1noc(C)c1S(=O)(=O)NCc1ccc(O)c2c1C[C@H]1C[C@H]3[C@H](N(C)C)C(=O)C(C(N)=O)=C(O)[C@@]3(O)C(=O)C1=C2O. The van der Waals surface area contributed by atoms with Gasteiger partial charge in [0.25, 0.3) is 5.91 Å². The summed E-state index contributed by atoms with van der Waals surface area (Å²) >= 11 is 0. The van der Waals surface area contributed by atoms with E-state index in [1.807, 2.05) is 0 Å². The number of aromatic nitrogens is 1. The van der Waals surface area contributed by atoms with Gasteiger partial charge in [0.05, 0.1) is 11.6 Å². The highest BCUT2D eigenvalue weighted by Crippen LogP contribution is 2.53. The normalized spacial score (nSPS) is 25.9. The number of likely N-dealkylation sites (N-methyl/N-ethyl adjacent to an activating group) is 1. The van der Waals surface area contributed by atoms with E-state index in [1.54, 1.807) is 0 Å². The summed E-state index contributed by atoms with van der Waals surface area (Å²) in [7, 11) is -1.05. The van der Waals surface area contributed by atoms with E-state index < -0.39 is 73.8 Å². The molecule has 1 heterocycles. The summed E-state index contributed by atoms with van der Waals surface area (Å²) in [5.74, 6) is -7.48. The second-order valence-electron chi connectivity index (χ2n) is 11.0. The fourth-order valence-electron chi connectivity index (χ4n) is 6.58. The van der Waals surface area contributed by atoms with Gasteiger partial charge >= 0.3 is 0 Å². The molecule has 14 nitrogen and oxygen atoms in total. The fourth-order valence-corrected chi connectivity index (χ4v) is 7.91. The molecule has 0 aliphatic heterocycles. The third-order valence-electron chi connectivity index (χ3n) is 8.39. The largest absolute Gasteiger partial charge is 0.508 e. The smallest absolute Gasteiger partial charge is 0.255 e. The van der Waals surface area contributed by atoms with Crippen LogP contribution in [0, 0.1) is 25.7 Å². The highest BCUT2D eigenvalue weighted by Gasteiger charge is 2.64. The van der Waals surface area contributed by atoms with Crippen molar-refractivity contribution < 1.29 is 47.8 Å². The molecule has 1 amide bonds. The fraction of sp³-hybridized carbons (Fsp3) is 0.407. The predicted molar refractivity (Wildman–Crippen MR) is 144 cm³/mol. The lowest BCUT2D eigenvalue weighted by Crippen LogP contribution is -2.65. The highest BCUT2D eigenvalue weighted by atomic mass is 32.2. The number of aliphatic hydroxyl groups is 3. The van der Waals surface area contributed by atoms with Gasteiger partial charge in [-0.15, -0.1) is 0 Å². The highest BCUT2D eigenvalue weighted by molar-refractivity contribution is 7.89. The zero-order valence-corrected chi connectivity index (χ0v) is 23.9. The van der Waals surface area contributed by atoms with E-state index in [1.165, 1.54) is 45.0 Å². The summed E-state index contributed by atoms with van der Waals surface area (Å²) in [4.78, 5) is 40.5. The van der Waals surface area contributed by atoms with Gasteiger partial charge in [-0.05, 0) is 63.9 Å². The number of Topliss-reactive ketones (excluding diaryl/α,β-unsaturated/α-hetero) is 2. The third-order valence-corrected chi connectivity index (χ3v) is 10.0. The van der Waals surface area contributed by atoms with Crippen molar-refractivity contribution in [1.82, 2.24) is 14.8 Å². The number of aliphatic hydroxyl groups excluding tert-OH is 2. The minimum atomic E-state index is -4.07. The zero-order chi connectivity index (χ0) is 31.0. The molecule has 1 aromatic heterocycles. The maximum Gasteiger partial charge on any atom is 0.255 e. The topological polar surface area (TPSA) is 234 Å². The van der Waals surface area contributed by atoms with Gasteiger partial charge in [0.1, 0.15) is 33.4 Å². The van der Waals surface area contributed by atoms with Gasteiger partial charge in [-0.1, -0.05) is 11.2 Å². The Morgan fingerprint density at radius 1 is 1.21 bits per heavy atom. The van der Waals surface area contributed by atoms with E-state index in [4.69, 9.17) is 10.3 Å². The second-order valence-corrected chi connectivity index (χ2v) is 12.7. The average Bonchev–Trinajstić information content (AvgIpc) is 3.23. The van der Waals surface area contributed by atoms with Crippen molar-refractivity contribution in [3.63, 3.8) is 0 Å². The second kappa shape index (κ2) is 9.76. The van der Waals surface area contributed by atoms with E-state index in [9.17, 15) is 43.2 Å². The number of nitrogens with one attached hydrogen (secondary N) is 1. The van der Waals surface area contributed by atoms with Gasteiger partial charge in [-0.25, -0.2) is 13.1 Å². The maximum atomic E-state index is 13.9. The Morgan fingerprint density at radius 2 is 1.88 bits per heavy atom. The summed E-state index contributed by atoms with van der Waals surface area (Å²) in [6.07, 6.45) is -0.0724. The number of hydrogen-bond acceptors (Lipinski definition) is 12. The van der Waals surface area contributed by atoms with Crippen LogP contribution in [-0.4, -0.2) is 82.1 Å². The lowest BCUT2D eigenvalue weighted by atomic mass is 9.57. The van der Waals surface area contributed by atoms with Gasteiger partial charge < -0.3 is 30.7 Å². The van der Waals surface area contributed by atoms with Gasteiger partial charge in [0, 0.05) is 18.0 Å². The Balaban J connectivity index is 1.61. The van der Waals surface area contributed by atoms with Crippen LogP contribution in [0.5, 0.6) is 5.75 Å². The molecule has 1 fully saturated rings. The lowest BCUT2D eigenvalue weighted by molar-refractivity contribution is -0.153. The van der Waals surface area contributed by atoms with Crippen LogP contribution in [-0.2, 0) is 37.4 Å². The molecule has 3 aliphatic rings. The van der Waals surface area contributed by atoms with Crippen molar-refractivity contribution in [3.8, 4) is 5.75 Å². The molecule has 1 aromatic carbocycles. The Bertz CT molecular complexity index is 1720. The summed E-state index contributed by atoms with van der Waals surface area (Å²) in [6.45, 7) is 2.68. The molecule has 0 saturated heterocycles. The predicted octanol–water partition coefficient (Wildman–Crippen LogP) is 0.0473. The molecular weight excluding hydrogens is 572 g/mol. The summed E-state index contributed by atoms with van der Waals surface area (Å²) in [6, 6.07) is 1.49. The van der Waals surface area contributed by atoms with Crippen molar-refractivity contribution in [2.24, 2.45) is 17.6 Å². The number of nitrogens with zero attached hydrogens (tertiary/aromatic N) is 2. The molecule has 42 heavy (non-hydrogen) atoms. The minimum Gasteiger partial charge on any atom is -0.508 e. The number of hydrogen-bond donors (Lipinski definition) is 6. The van der Waals surface area contributed by atoms with Crippen LogP contribution >= 0.6 is 0 Å². The Labute approximate surface area is 240 Å². The number of carbonyl (C=O) groups excluding carboxylic acids is 3. The van der Waals surface area contributed by atoms with Crippen LogP contribution < -0.4 is 10.5 Å². The number of phenols is 1. The number of phenolic OH excluding ortho intramolecular Hbond substituents is 1. The van der Waals surface area contributed by atoms with Crippen molar-refractivity contribution in [3.05, 3.63) is 57.2 Å². The molecular formula is C27H30N4O10S. The minimum absolute atomic E-state index is 0.0192. The molecule has 3 aliphatic carbocycles. The summed E-state index contributed by atoms with van der Waals surface area (Å²) in [5, 5.41) is 48.3. The molecule has 0 bridgehead atoms. The number of aromatic hydroxyl groups is 1. The van der Waals surface area contributed by atoms with Crippen LogP contribution in [0.4, 0.5) is 0 Å². The number of rotatable bonds is 6. The first kappa shape index (κ1) is 29.4. The number of benzene rings is 1. The van der Waals surface area contributed by atoms with Gasteiger partial charge in [-0.2, -0.15) is 0 Å². The van der Waals surface area contributed by atoms with E-state index in [2.05, 4.69) is 9.88 Å². The number of nitrogens with two attached hydrogens (primary N) is 1. The van der Waals surface area contributed by atoms with E-state index in [-0.39, 0.29) is 46.9 Å². The average molecular weight is 603 g/mol. The lowest BCUT2D eigenvalue weighted by Gasteiger charge is -2.50. The summed E-state index contributed by atoms with van der Waals surface area (Å²) < 4.78 is 33.5. The van der Waals surface area contributed by atoms with Crippen LogP contribution in [0.3, 0.4) is 0 Å². The standard InChI is InChI=1S/C27H30N4O10S/c1-10-23(11(2)41-30-10)42(39,40)29-9-12-5-6-16(32)18-14(12)7-13-8-15-20(31(3)4)22(34)19(26(28)37)25(36)27(15,38)24(35)17(13)21(18)33/h5-6,13,15,20,29,32-33,36,38H,7-9H2,1-4H3,(H2,28,37)/t13-,15-,20-,27-/m0/s1. The monoisotopic (exact) mass is 602 g/mol. The zero-order valence-electron chi connectivity index (χ0n) is 23.1. The van der Waals surface area contributed by atoms with Crippen LogP contribution in [0.2, 0.25) is 0 Å². The molecule has 4 atom stereocenters. The molecule has 2 aromatic rings. The number of sulfonamides is 1. The Hall–Kier alpha value is -4.05. The quantitative estimate of drug-likeness (QED) is 0.241. The van der Waals surface area contributed by atoms with Crippen LogP contribution in [0.25, 0.3) is 5.76 Å².